The van der Waals surface area contributed by atoms with Crippen LogP contribution in [0.3, 0.4) is 0 Å². The third-order valence-corrected chi connectivity index (χ3v) is 4.56. The van der Waals surface area contributed by atoms with E-state index in [-0.39, 0.29) is 17.6 Å². The van der Waals surface area contributed by atoms with E-state index in [1.54, 1.807) is 12.1 Å². The third-order valence-electron chi connectivity index (χ3n) is 4.25. The molecule has 3 N–H and O–H groups in total. The average Bonchev–Trinajstić information content (AvgIpc) is 2.59. The number of carbonyl (C=O) groups excluding carboxylic acids is 1. The molecule has 0 saturated carbocycles. The van der Waals surface area contributed by atoms with Crippen LogP contribution < -0.4 is 11.1 Å². The number of aromatic nitrogens is 1. The lowest BCUT2D eigenvalue weighted by atomic mass is 10.0. The molecule has 1 saturated heterocycles. The highest BCUT2D eigenvalue weighted by Gasteiger charge is 2.22. The summed E-state index contributed by atoms with van der Waals surface area (Å²) in [4.78, 5) is 18.8. The highest BCUT2D eigenvalue weighted by atomic mass is 35.5. The van der Waals surface area contributed by atoms with Gasteiger partial charge in [-0.25, -0.2) is 4.98 Å². The monoisotopic (exact) mass is 344 g/mol. The van der Waals surface area contributed by atoms with Crippen molar-refractivity contribution in [3.8, 4) is 0 Å². The van der Waals surface area contributed by atoms with Crippen molar-refractivity contribution in [3.05, 3.63) is 58.7 Å². The van der Waals surface area contributed by atoms with Gasteiger partial charge in [0.15, 0.2) is 0 Å². The number of hydrogen-bond acceptors (Lipinski definition) is 4. The molecule has 0 atom stereocenters. The van der Waals surface area contributed by atoms with Crippen LogP contribution in [-0.4, -0.2) is 34.9 Å². The normalized spacial score (nSPS) is 16.0. The molecule has 0 bridgehead atoms. The highest BCUT2D eigenvalue weighted by molar-refractivity contribution is 6.33. The van der Waals surface area contributed by atoms with Gasteiger partial charge in [0.05, 0.1) is 5.02 Å². The van der Waals surface area contributed by atoms with E-state index >= 15 is 0 Å². The Kier molecular flexibility index (Phi) is 5.33. The molecule has 24 heavy (non-hydrogen) atoms. The van der Waals surface area contributed by atoms with Crippen molar-refractivity contribution < 1.29 is 4.79 Å². The van der Waals surface area contributed by atoms with Crippen molar-refractivity contribution >= 4 is 23.3 Å². The van der Waals surface area contributed by atoms with Crippen LogP contribution in [0.1, 0.15) is 28.9 Å². The number of nitrogen functional groups attached to an aromatic ring is 1. The predicted molar refractivity (Wildman–Crippen MR) is 95.9 cm³/mol. The SMILES string of the molecule is Nc1ccc(Cl)c(C(=O)NC2CCN(Cc3ccccc3)CC2)n1. The molecule has 6 heteroatoms. The molecule has 0 spiro atoms. The molecule has 2 heterocycles. The Morgan fingerprint density at radius 1 is 1.21 bits per heavy atom. The van der Waals surface area contributed by atoms with Crippen molar-refractivity contribution in [2.75, 3.05) is 18.8 Å². The van der Waals surface area contributed by atoms with Gasteiger partial charge < -0.3 is 11.1 Å². The number of rotatable bonds is 4. The van der Waals surface area contributed by atoms with Crippen LogP contribution in [0.25, 0.3) is 0 Å². The third kappa shape index (κ3) is 4.24. The topological polar surface area (TPSA) is 71.2 Å². The molecular formula is C18H21ClN4O. The molecule has 2 aromatic rings. The van der Waals surface area contributed by atoms with Gasteiger partial charge in [-0.1, -0.05) is 41.9 Å². The Labute approximate surface area is 146 Å². The summed E-state index contributed by atoms with van der Waals surface area (Å²) in [6.45, 7) is 2.86. The van der Waals surface area contributed by atoms with Crippen LogP contribution in [0.4, 0.5) is 5.82 Å². The molecule has 0 radical (unpaired) electrons. The molecule has 1 aromatic carbocycles. The van der Waals surface area contributed by atoms with Crippen LogP contribution in [0.5, 0.6) is 0 Å². The number of carbonyl (C=O) groups is 1. The fraction of sp³-hybridized carbons (Fsp3) is 0.333. The highest BCUT2D eigenvalue weighted by Crippen LogP contribution is 2.17. The molecule has 5 nitrogen and oxygen atoms in total. The average molecular weight is 345 g/mol. The van der Waals surface area contributed by atoms with Gasteiger partial charge in [0.1, 0.15) is 11.5 Å². The lowest BCUT2D eigenvalue weighted by Gasteiger charge is -2.32. The molecule has 126 valence electrons. The van der Waals surface area contributed by atoms with Gasteiger partial charge in [0, 0.05) is 25.7 Å². The van der Waals surface area contributed by atoms with Crippen LogP contribution in [0.15, 0.2) is 42.5 Å². The number of likely N-dealkylation sites (tertiary alicyclic amines) is 1. The van der Waals surface area contributed by atoms with Crippen LogP contribution in [0.2, 0.25) is 5.02 Å². The van der Waals surface area contributed by atoms with Gasteiger partial charge >= 0.3 is 0 Å². The summed E-state index contributed by atoms with van der Waals surface area (Å²) in [6.07, 6.45) is 1.83. The Morgan fingerprint density at radius 3 is 2.62 bits per heavy atom. The Balaban J connectivity index is 1.52. The molecule has 1 fully saturated rings. The summed E-state index contributed by atoms with van der Waals surface area (Å²) < 4.78 is 0. The number of hydrogen-bond donors (Lipinski definition) is 2. The van der Waals surface area contributed by atoms with Crippen molar-refractivity contribution in [1.29, 1.82) is 0 Å². The fourth-order valence-corrected chi connectivity index (χ4v) is 3.14. The molecule has 3 rings (SSSR count). The number of nitrogens with two attached hydrogens (primary N) is 1. The lowest BCUT2D eigenvalue weighted by Crippen LogP contribution is -2.44. The van der Waals surface area contributed by atoms with Gasteiger partial charge in [-0.2, -0.15) is 0 Å². The quantitative estimate of drug-likeness (QED) is 0.894. The number of amides is 1. The first-order valence-electron chi connectivity index (χ1n) is 8.11. The van der Waals surface area contributed by atoms with Gasteiger partial charge in [-0.15, -0.1) is 0 Å². The molecule has 0 unspecified atom stereocenters. The predicted octanol–water partition coefficient (Wildman–Crippen LogP) is 2.71. The summed E-state index contributed by atoms with van der Waals surface area (Å²) in [6, 6.07) is 13.8. The zero-order valence-corrected chi connectivity index (χ0v) is 14.2. The second kappa shape index (κ2) is 7.64. The summed E-state index contributed by atoms with van der Waals surface area (Å²) in [5.74, 6) is 0.0380. The second-order valence-electron chi connectivity index (χ2n) is 6.08. The summed E-state index contributed by atoms with van der Waals surface area (Å²) in [5, 5.41) is 3.34. The molecule has 1 aromatic heterocycles. The number of nitrogens with one attached hydrogen (secondary N) is 1. The van der Waals surface area contributed by atoms with E-state index in [1.165, 1.54) is 5.56 Å². The molecule has 1 amide bonds. The summed E-state index contributed by atoms with van der Waals surface area (Å²) >= 11 is 6.04. The second-order valence-corrected chi connectivity index (χ2v) is 6.48. The first-order chi connectivity index (χ1) is 11.6. The standard InChI is InChI=1S/C18H21ClN4O/c19-15-6-7-16(20)22-17(15)18(24)21-14-8-10-23(11-9-14)12-13-4-2-1-3-5-13/h1-7,14H,8-12H2,(H2,20,22)(H,21,24). The van der Waals surface area contributed by atoms with Crippen LogP contribution in [0, 0.1) is 0 Å². The summed E-state index contributed by atoms with van der Waals surface area (Å²) in [5.41, 5.74) is 7.15. The lowest BCUT2D eigenvalue weighted by molar-refractivity contribution is 0.0904. The van der Waals surface area contributed by atoms with Crippen molar-refractivity contribution in [1.82, 2.24) is 15.2 Å². The van der Waals surface area contributed by atoms with Crippen molar-refractivity contribution in [2.24, 2.45) is 0 Å². The number of anilines is 1. The molecule has 0 aliphatic carbocycles. The van der Waals surface area contributed by atoms with Crippen LogP contribution >= 0.6 is 11.6 Å². The van der Waals surface area contributed by atoms with Gasteiger partial charge in [0.25, 0.3) is 5.91 Å². The molecule has 1 aliphatic heterocycles. The van der Waals surface area contributed by atoms with E-state index < -0.39 is 0 Å². The van der Waals surface area contributed by atoms with E-state index in [1.807, 2.05) is 6.07 Å². The zero-order valence-electron chi connectivity index (χ0n) is 13.4. The Morgan fingerprint density at radius 2 is 1.92 bits per heavy atom. The van der Waals surface area contributed by atoms with Gasteiger partial charge in [-0.3, -0.25) is 9.69 Å². The molecule has 1 aliphatic rings. The minimum absolute atomic E-state index is 0.142. The fourth-order valence-electron chi connectivity index (χ4n) is 2.95. The maximum atomic E-state index is 12.3. The summed E-state index contributed by atoms with van der Waals surface area (Å²) in [7, 11) is 0. The number of pyridine rings is 1. The van der Waals surface area contributed by atoms with E-state index in [9.17, 15) is 4.79 Å². The van der Waals surface area contributed by atoms with E-state index in [4.69, 9.17) is 17.3 Å². The number of halogens is 1. The first-order valence-corrected chi connectivity index (χ1v) is 8.49. The number of piperidine rings is 1. The van der Waals surface area contributed by atoms with Gasteiger partial charge in [0.2, 0.25) is 0 Å². The number of nitrogens with zero attached hydrogens (tertiary/aromatic N) is 2. The van der Waals surface area contributed by atoms with Crippen LogP contribution in [-0.2, 0) is 6.54 Å². The minimum atomic E-state index is -0.256. The maximum Gasteiger partial charge on any atom is 0.271 e. The Bertz CT molecular complexity index is 699. The largest absolute Gasteiger partial charge is 0.384 e. The Hall–Kier alpha value is -2.11. The minimum Gasteiger partial charge on any atom is -0.384 e. The first kappa shape index (κ1) is 16.7. The van der Waals surface area contributed by atoms with E-state index in [0.717, 1.165) is 32.5 Å². The van der Waals surface area contributed by atoms with E-state index in [2.05, 4.69) is 39.5 Å². The zero-order chi connectivity index (χ0) is 16.9. The maximum absolute atomic E-state index is 12.3. The van der Waals surface area contributed by atoms with Crippen molar-refractivity contribution in [3.63, 3.8) is 0 Å². The van der Waals surface area contributed by atoms with E-state index in [0.29, 0.717) is 10.8 Å². The smallest absolute Gasteiger partial charge is 0.271 e. The van der Waals surface area contributed by atoms with Gasteiger partial charge in [-0.05, 0) is 30.5 Å². The molecular weight excluding hydrogens is 324 g/mol. The van der Waals surface area contributed by atoms with Crippen molar-refractivity contribution in [2.45, 2.75) is 25.4 Å². The number of benzene rings is 1.